The second-order valence-corrected chi connectivity index (χ2v) is 3.79. The number of H-pyrrole nitrogens is 1. The van der Waals surface area contributed by atoms with Crippen molar-refractivity contribution in [3.63, 3.8) is 0 Å². The number of aromatic amines is 1. The third-order valence-electron chi connectivity index (χ3n) is 2.09. The first kappa shape index (κ1) is 13.3. The van der Waals surface area contributed by atoms with E-state index in [-0.39, 0.29) is 16.5 Å². The van der Waals surface area contributed by atoms with E-state index in [0.717, 1.165) is 18.2 Å². The Labute approximate surface area is 109 Å². The fourth-order valence-corrected chi connectivity index (χ4v) is 1.40. The molecule has 6 nitrogen and oxygen atoms in total. The number of nitrogens with zero attached hydrogens (tertiary/aromatic N) is 3. The molecule has 100 valence electrons. The molecule has 0 aliphatic rings. The minimum Gasteiger partial charge on any atom is -0.318 e. The third-order valence-corrected chi connectivity index (χ3v) is 2.42. The molecule has 1 aromatic carbocycles. The van der Waals surface area contributed by atoms with Crippen molar-refractivity contribution in [2.24, 2.45) is 0 Å². The lowest BCUT2D eigenvalue weighted by Crippen LogP contribution is -2.15. The lowest BCUT2D eigenvalue weighted by molar-refractivity contribution is -0.137. The number of carbonyl (C=O) groups is 1. The van der Waals surface area contributed by atoms with Crippen LogP contribution >= 0.6 is 11.6 Å². The highest BCUT2D eigenvalue weighted by Crippen LogP contribution is 2.33. The van der Waals surface area contributed by atoms with E-state index in [9.17, 15) is 18.0 Å². The smallest absolute Gasteiger partial charge is 0.318 e. The summed E-state index contributed by atoms with van der Waals surface area (Å²) in [6.45, 7) is 0. The Hall–Kier alpha value is -2.16. The zero-order chi connectivity index (χ0) is 14.0. The van der Waals surface area contributed by atoms with E-state index in [4.69, 9.17) is 11.6 Å². The summed E-state index contributed by atoms with van der Waals surface area (Å²) in [7, 11) is 0. The molecule has 0 saturated heterocycles. The maximum absolute atomic E-state index is 12.5. The number of hydrogen-bond donors (Lipinski definition) is 2. The van der Waals surface area contributed by atoms with Crippen LogP contribution in [0.25, 0.3) is 0 Å². The number of rotatable bonds is 2. The molecule has 0 unspecified atom stereocenters. The Bertz CT molecular complexity index is 598. The van der Waals surface area contributed by atoms with Crippen LogP contribution in [0, 0.1) is 0 Å². The molecule has 2 N–H and O–H groups in total. The monoisotopic (exact) mass is 291 g/mol. The van der Waals surface area contributed by atoms with Gasteiger partial charge in [-0.1, -0.05) is 11.6 Å². The topological polar surface area (TPSA) is 83.6 Å². The summed E-state index contributed by atoms with van der Waals surface area (Å²) in [6, 6.07) is 2.57. The summed E-state index contributed by atoms with van der Waals surface area (Å²) < 4.78 is 37.5. The van der Waals surface area contributed by atoms with Gasteiger partial charge in [-0.25, -0.2) is 0 Å². The predicted molar refractivity (Wildman–Crippen MR) is 58.6 cm³/mol. The molecule has 0 bridgehead atoms. The van der Waals surface area contributed by atoms with Gasteiger partial charge < -0.3 is 5.32 Å². The zero-order valence-electron chi connectivity index (χ0n) is 8.99. The van der Waals surface area contributed by atoms with Gasteiger partial charge in [-0.2, -0.15) is 18.4 Å². The Morgan fingerprint density at radius 1 is 1.37 bits per heavy atom. The van der Waals surface area contributed by atoms with Gasteiger partial charge in [-0.15, -0.1) is 10.2 Å². The van der Waals surface area contributed by atoms with Gasteiger partial charge in [-0.3, -0.25) is 4.79 Å². The van der Waals surface area contributed by atoms with E-state index in [1.807, 2.05) is 0 Å². The number of nitrogens with one attached hydrogen (secondary N) is 2. The van der Waals surface area contributed by atoms with Crippen LogP contribution in [0.1, 0.15) is 16.2 Å². The van der Waals surface area contributed by atoms with Gasteiger partial charge in [0, 0.05) is 0 Å². The number of alkyl halides is 3. The average Bonchev–Trinajstić information content (AvgIpc) is 2.84. The highest BCUT2D eigenvalue weighted by Gasteiger charge is 2.31. The Balaban J connectivity index is 2.27. The third kappa shape index (κ3) is 2.99. The van der Waals surface area contributed by atoms with Gasteiger partial charge in [0.1, 0.15) is 0 Å². The highest BCUT2D eigenvalue weighted by atomic mass is 35.5. The Kier molecular flexibility index (Phi) is 3.38. The number of tetrazole rings is 1. The van der Waals surface area contributed by atoms with Crippen LogP contribution in [0.5, 0.6) is 0 Å². The molecule has 0 saturated carbocycles. The molecule has 10 heteroatoms. The summed E-state index contributed by atoms with van der Waals surface area (Å²) >= 11 is 5.71. The number of anilines is 1. The van der Waals surface area contributed by atoms with E-state index >= 15 is 0 Å². The van der Waals surface area contributed by atoms with E-state index in [1.54, 1.807) is 0 Å². The van der Waals surface area contributed by atoms with Crippen molar-refractivity contribution in [3.8, 4) is 0 Å². The van der Waals surface area contributed by atoms with Gasteiger partial charge in [-0.05, 0) is 23.4 Å². The van der Waals surface area contributed by atoms with Crippen molar-refractivity contribution < 1.29 is 18.0 Å². The van der Waals surface area contributed by atoms with Crippen molar-refractivity contribution in [3.05, 3.63) is 34.6 Å². The molecule has 0 fully saturated rings. The van der Waals surface area contributed by atoms with E-state index in [2.05, 4.69) is 25.9 Å². The van der Waals surface area contributed by atoms with Crippen LogP contribution < -0.4 is 5.32 Å². The minimum atomic E-state index is -4.53. The highest BCUT2D eigenvalue weighted by molar-refractivity contribution is 6.33. The second-order valence-electron chi connectivity index (χ2n) is 3.38. The maximum Gasteiger partial charge on any atom is 0.416 e. The second kappa shape index (κ2) is 4.84. The quantitative estimate of drug-likeness (QED) is 0.888. The first-order valence-corrected chi connectivity index (χ1v) is 5.17. The summed E-state index contributed by atoms with van der Waals surface area (Å²) in [5.41, 5.74) is -1.12. The van der Waals surface area contributed by atoms with Gasteiger partial charge in [0.15, 0.2) is 0 Å². The maximum atomic E-state index is 12.5. The molecule has 0 atom stereocenters. The fourth-order valence-electron chi connectivity index (χ4n) is 1.23. The molecule has 0 aliphatic heterocycles. The normalized spacial score (nSPS) is 11.4. The molecule has 19 heavy (non-hydrogen) atoms. The van der Waals surface area contributed by atoms with Crippen molar-refractivity contribution in [1.29, 1.82) is 0 Å². The van der Waals surface area contributed by atoms with Gasteiger partial charge in [0.25, 0.3) is 11.7 Å². The molecule has 0 spiro atoms. The number of carbonyl (C=O) groups excluding carboxylic acids is 1. The number of hydrogen-bond acceptors (Lipinski definition) is 4. The summed E-state index contributed by atoms with van der Waals surface area (Å²) in [5.74, 6) is -1.14. The number of aromatic nitrogens is 4. The molecule has 1 amide bonds. The number of benzene rings is 1. The van der Waals surface area contributed by atoms with Crippen molar-refractivity contribution in [2.75, 3.05) is 5.32 Å². The lowest BCUT2D eigenvalue weighted by atomic mass is 10.2. The van der Waals surface area contributed by atoms with E-state index in [0.29, 0.717) is 0 Å². The molecule has 0 radical (unpaired) electrons. The largest absolute Gasteiger partial charge is 0.416 e. The first-order chi connectivity index (χ1) is 8.88. The zero-order valence-corrected chi connectivity index (χ0v) is 9.75. The minimum absolute atomic E-state index is 0.0372. The summed E-state index contributed by atoms with van der Waals surface area (Å²) in [4.78, 5) is 11.6. The molecule has 1 heterocycles. The molecule has 0 aliphatic carbocycles. The summed E-state index contributed by atoms with van der Waals surface area (Å²) in [5, 5.41) is 14.1. The average molecular weight is 292 g/mol. The van der Waals surface area contributed by atoms with Crippen LogP contribution in [0.4, 0.5) is 18.9 Å². The van der Waals surface area contributed by atoms with Crippen LogP contribution in [-0.4, -0.2) is 26.5 Å². The molecular formula is C9H5ClF3N5O. The fraction of sp³-hybridized carbons (Fsp3) is 0.111. The number of amides is 1. The molecule has 2 rings (SSSR count). The van der Waals surface area contributed by atoms with Gasteiger partial charge in [0.2, 0.25) is 0 Å². The SMILES string of the molecule is O=C(Nc1cc(C(F)(F)F)ccc1Cl)c1nn[nH]n1. The Morgan fingerprint density at radius 2 is 2.11 bits per heavy atom. The predicted octanol–water partition coefficient (Wildman–Crippen LogP) is 2.12. The van der Waals surface area contributed by atoms with Crippen molar-refractivity contribution >= 4 is 23.2 Å². The van der Waals surface area contributed by atoms with Crippen LogP contribution in [0.3, 0.4) is 0 Å². The van der Waals surface area contributed by atoms with Crippen LogP contribution in [-0.2, 0) is 6.18 Å². The van der Waals surface area contributed by atoms with Gasteiger partial charge in [0.05, 0.1) is 16.3 Å². The standard InChI is InChI=1S/C9H5ClF3N5O/c10-5-2-1-4(9(11,12)13)3-6(5)14-8(19)7-15-17-18-16-7/h1-3H,(H,14,19)(H,15,16,17,18). The molecule has 1 aromatic heterocycles. The van der Waals surface area contributed by atoms with Crippen LogP contribution in [0.2, 0.25) is 5.02 Å². The van der Waals surface area contributed by atoms with Crippen molar-refractivity contribution in [1.82, 2.24) is 20.6 Å². The van der Waals surface area contributed by atoms with Gasteiger partial charge >= 0.3 is 6.18 Å². The summed E-state index contributed by atoms with van der Waals surface area (Å²) in [6.07, 6.45) is -4.53. The number of halogens is 4. The van der Waals surface area contributed by atoms with E-state index in [1.165, 1.54) is 0 Å². The first-order valence-electron chi connectivity index (χ1n) is 4.79. The van der Waals surface area contributed by atoms with Crippen LogP contribution in [0.15, 0.2) is 18.2 Å². The molecular weight excluding hydrogens is 287 g/mol. The molecule has 2 aromatic rings. The lowest BCUT2D eigenvalue weighted by Gasteiger charge is -2.10. The van der Waals surface area contributed by atoms with Crippen molar-refractivity contribution in [2.45, 2.75) is 6.18 Å². The van der Waals surface area contributed by atoms with E-state index < -0.39 is 17.6 Å². The Morgan fingerprint density at radius 3 is 2.68 bits per heavy atom.